The third-order valence-corrected chi connectivity index (χ3v) is 5.11. The molecule has 1 aromatic rings. The summed E-state index contributed by atoms with van der Waals surface area (Å²) in [5.41, 5.74) is 6.90. The second-order valence-electron chi connectivity index (χ2n) is 9.05. The van der Waals surface area contributed by atoms with E-state index in [2.05, 4.69) is 58.2 Å². The van der Waals surface area contributed by atoms with Gasteiger partial charge in [0.2, 0.25) is 0 Å². The molecule has 1 aromatic heterocycles. The van der Waals surface area contributed by atoms with Gasteiger partial charge in [0.05, 0.1) is 39.8 Å². The second kappa shape index (κ2) is 10.6. The van der Waals surface area contributed by atoms with Crippen molar-refractivity contribution >= 4 is 17.8 Å². The molecule has 0 unspecified atom stereocenters. The molecule has 0 spiro atoms. The maximum Gasteiger partial charge on any atom is 0.303 e. The van der Waals surface area contributed by atoms with E-state index in [9.17, 15) is 4.79 Å². The third-order valence-electron chi connectivity index (χ3n) is 5.11. The number of hydrogen-bond donors (Lipinski definition) is 2. The van der Waals surface area contributed by atoms with Crippen LogP contribution < -0.4 is 0 Å². The topological polar surface area (TPSA) is 65.5 Å². The summed E-state index contributed by atoms with van der Waals surface area (Å²) in [7, 11) is 6.67. The van der Waals surface area contributed by atoms with Crippen molar-refractivity contribution < 1.29 is 14.4 Å². The summed E-state index contributed by atoms with van der Waals surface area (Å²) in [5.74, 6) is -0.761. The number of H-pyrrole nitrogens is 1. The van der Waals surface area contributed by atoms with Gasteiger partial charge >= 0.3 is 5.97 Å². The smallest absolute Gasteiger partial charge is 0.303 e. The normalized spacial score (nSPS) is 15.7. The summed E-state index contributed by atoms with van der Waals surface area (Å²) in [6.07, 6.45) is 11.4. The molecule has 0 radical (unpaired) electrons. The van der Waals surface area contributed by atoms with Crippen molar-refractivity contribution in [1.82, 2.24) is 4.98 Å². The molecule has 29 heavy (non-hydrogen) atoms. The van der Waals surface area contributed by atoms with Crippen LogP contribution in [0.4, 0.5) is 0 Å². The van der Waals surface area contributed by atoms with Crippen LogP contribution in [0.15, 0.2) is 28.4 Å². The summed E-state index contributed by atoms with van der Waals surface area (Å²) in [6, 6.07) is 2.13. The predicted molar refractivity (Wildman–Crippen MR) is 121 cm³/mol. The van der Waals surface area contributed by atoms with E-state index in [1.54, 1.807) is 0 Å². The Kier molecular flexibility index (Phi) is 8.45. The molecular formula is C24H38N3O2+. The van der Waals surface area contributed by atoms with Gasteiger partial charge in [-0.1, -0.05) is 26.7 Å². The number of nitrogens with one attached hydrogen (secondary N) is 1. The zero-order chi connectivity index (χ0) is 21.4. The average Bonchev–Trinajstić information content (AvgIpc) is 3.17. The molecule has 0 saturated carbocycles. The Morgan fingerprint density at radius 3 is 2.48 bits per heavy atom. The highest BCUT2D eigenvalue weighted by atomic mass is 16.4. The second-order valence-corrected chi connectivity index (χ2v) is 9.05. The van der Waals surface area contributed by atoms with E-state index >= 15 is 0 Å². The number of quaternary nitrogens is 1. The van der Waals surface area contributed by atoms with Crippen LogP contribution in [0.1, 0.15) is 69.3 Å². The van der Waals surface area contributed by atoms with E-state index in [1.807, 2.05) is 0 Å². The molecule has 2 N–H and O–H groups in total. The fourth-order valence-corrected chi connectivity index (χ4v) is 3.69. The van der Waals surface area contributed by atoms with Crippen molar-refractivity contribution in [3.05, 3.63) is 40.4 Å². The fraction of sp³-hybridized carbons (Fsp3) is 0.583. The number of aryl methyl sites for hydroxylation is 2. The highest BCUT2D eigenvalue weighted by Crippen LogP contribution is 2.28. The number of hydrogen-bond acceptors (Lipinski definition) is 2. The lowest BCUT2D eigenvalue weighted by Gasteiger charge is -2.23. The molecule has 1 aliphatic heterocycles. The number of aromatic amines is 1. The van der Waals surface area contributed by atoms with Gasteiger partial charge in [0, 0.05) is 23.5 Å². The zero-order valence-corrected chi connectivity index (χ0v) is 18.8. The van der Waals surface area contributed by atoms with Gasteiger partial charge in [-0.15, -0.1) is 0 Å². The molecule has 5 nitrogen and oxygen atoms in total. The van der Waals surface area contributed by atoms with Crippen LogP contribution in [0.2, 0.25) is 0 Å². The van der Waals surface area contributed by atoms with E-state index in [0.29, 0.717) is 6.42 Å². The first-order valence-electron chi connectivity index (χ1n) is 10.9. The fourth-order valence-electron chi connectivity index (χ4n) is 3.69. The molecule has 0 aliphatic carbocycles. The lowest BCUT2D eigenvalue weighted by molar-refractivity contribution is -0.870. The lowest BCUT2D eigenvalue weighted by atomic mass is 10.0. The molecular weight excluding hydrogens is 362 g/mol. The van der Waals surface area contributed by atoms with Crippen LogP contribution in [0.5, 0.6) is 0 Å². The van der Waals surface area contributed by atoms with Crippen LogP contribution in [0, 0.1) is 0 Å². The van der Waals surface area contributed by atoms with Crippen molar-refractivity contribution in [3.8, 4) is 0 Å². The maximum absolute atomic E-state index is 10.9. The standard InChI is InChI=1S/C24H37N3O2/c1-6-9-18-15-20(11-8-14-27(3,4)5)25-22(18)17-23-19(10-7-2)16-21(26-23)12-13-24(28)29/h15-17H,6-14H2,1-5H3,(H-,25,26,28,29)/p+1. The Morgan fingerprint density at radius 1 is 1.14 bits per heavy atom. The van der Waals surface area contributed by atoms with Gasteiger partial charge in [0.15, 0.2) is 0 Å². The van der Waals surface area contributed by atoms with Crippen molar-refractivity contribution in [1.29, 1.82) is 0 Å². The third kappa shape index (κ3) is 7.65. The Morgan fingerprint density at radius 2 is 1.86 bits per heavy atom. The summed E-state index contributed by atoms with van der Waals surface area (Å²) in [5, 5.41) is 8.98. The number of nitrogens with zero attached hydrogens (tertiary/aromatic N) is 2. The van der Waals surface area contributed by atoms with Gasteiger partial charge in [-0.05, 0) is 55.0 Å². The molecule has 0 aromatic carbocycles. The molecule has 0 bridgehead atoms. The van der Waals surface area contributed by atoms with Crippen LogP contribution in [0.25, 0.3) is 6.08 Å². The number of aliphatic imine (C=N–C) groups is 1. The van der Waals surface area contributed by atoms with Crippen LogP contribution in [-0.2, 0) is 17.6 Å². The van der Waals surface area contributed by atoms with E-state index in [1.165, 1.54) is 16.8 Å². The molecule has 1 aliphatic rings. The number of carboxylic acids is 1. The van der Waals surface area contributed by atoms with Gasteiger partial charge in [-0.3, -0.25) is 9.79 Å². The maximum atomic E-state index is 10.9. The highest BCUT2D eigenvalue weighted by Gasteiger charge is 2.17. The Balaban J connectivity index is 2.22. The lowest BCUT2D eigenvalue weighted by Crippen LogP contribution is -2.35. The summed E-state index contributed by atoms with van der Waals surface area (Å²) in [6.45, 7) is 5.51. The first-order chi connectivity index (χ1) is 13.7. The van der Waals surface area contributed by atoms with Gasteiger partial charge in [-0.2, -0.15) is 0 Å². The number of aliphatic carboxylic acids is 1. The van der Waals surface area contributed by atoms with Crippen molar-refractivity contribution in [2.45, 2.75) is 65.2 Å². The average molecular weight is 401 g/mol. The van der Waals surface area contributed by atoms with Crippen molar-refractivity contribution in [2.75, 3.05) is 27.7 Å². The van der Waals surface area contributed by atoms with E-state index in [-0.39, 0.29) is 6.42 Å². The first kappa shape index (κ1) is 23.1. The monoisotopic (exact) mass is 400 g/mol. The summed E-state index contributed by atoms with van der Waals surface area (Å²) < 4.78 is 0.976. The number of carboxylic acid groups (broad SMARTS) is 1. The van der Waals surface area contributed by atoms with Crippen molar-refractivity contribution in [2.24, 2.45) is 4.99 Å². The minimum Gasteiger partial charge on any atom is -0.481 e. The van der Waals surface area contributed by atoms with E-state index in [4.69, 9.17) is 10.1 Å². The Bertz CT molecular complexity index is 792. The first-order valence-corrected chi connectivity index (χ1v) is 10.9. The summed E-state index contributed by atoms with van der Waals surface area (Å²) >= 11 is 0. The summed E-state index contributed by atoms with van der Waals surface area (Å²) in [4.78, 5) is 19.3. The van der Waals surface area contributed by atoms with Gasteiger partial charge in [0.25, 0.3) is 0 Å². The number of rotatable bonds is 12. The van der Waals surface area contributed by atoms with Crippen LogP contribution in [0.3, 0.4) is 0 Å². The molecule has 2 rings (SSSR count). The highest BCUT2D eigenvalue weighted by molar-refractivity contribution is 6.00. The molecule has 160 valence electrons. The van der Waals surface area contributed by atoms with Crippen LogP contribution in [-0.4, -0.2) is 53.9 Å². The number of allylic oxidation sites excluding steroid dienone is 2. The molecule has 0 amide bonds. The van der Waals surface area contributed by atoms with E-state index < -0.39 is 5.97 Å². The van der Waals surface area contributed by atoms with Crippen molar-refractivity contribution in [3.63, 3.8) is 0 Å². The molecule has 2 heterocycles. The molecule has 0 saturated heterocycles. The van der Waals surface area contributed by atoms with Gasteiger partial charge < -0.3 is 14.6 Å². The van der Waals surface area contributed by atoms with E-state index in [0.717, 1.165) is 66.6 Å². The zero-order valence-electron chi connectivity index (χ0n) is 18.8. The Labute approximate surface area is 175 Å². The predicted octanol–water partition coefficient (Wildman–Crippen LogP) is 4.99. The minimum atomic E-state index is -0.761. The SMILES string of the molecule is CCCC1=CC(CCC[N+](C)(C)C)=NC1=Cc1[nH]c(CCC(=O)O)cc1CCC. The molecule has 0 atom stereocenters. The number of carbonyl (C=O) groups is 1. The Hall–Kier alpha value is -2.14. The van der Waals surface area contributed by atoms with Crippen LogP contribution >= 0.6 is 0 Å². The van der Waals surface area contributed by atoms with Gasteiger partial charge in [-0.25, -0.2) is 0 Å². The van der Waals surface area contributed by atoms with Gasteiger partial charge in [0.1, 0.15) is 0 Å². The minimum absolute atomic E-state index is 0.150. The molecule has 0 fully saturated rings. The quantitative estimate of drug-likeness (QED) is 0.485. The number of aromatic nitrogens is 1. The molecule has 5 heteroatoms. The largest absolute Gasteiger partial charge is 0.481 e.